The minimum absolute atomic E-state index is 0.0831. The van der Waals surface area contributed by atoms with Gasteiger partial charge in [-0.2, -0.15) is 4.31 Å². The van der Waals surface area contributed by atoms with Crippen molar-refractivity contribution in [1.29, 1.82) is 0 Å². The molecule has 4 nitrogen and oxygen atoms in total. The molecule has 1 atom stereocenters. The summed E-state index contributed by atoms with van der Waals surface area (Å²) >= 11 is 3.39. The zero-order valence-electron chi connectivity index (χ0n) is 12.5. The van der Waals surface area contributed by atoms with Crippen molar-refractivity contribution in [3.63, 3.8) is 0 Å². The van der Waals surface area contributed by atoms with Crippen molar-refractivity contribution in [2.45, 2.75) is 57.1 Å². The maximum Gasteiger partial charge on any atom is 0.243 e. The predicted molar refractivity (Wildman–Crippen MR) is 86.6 cm³/mol. The Balaban J connectivity index is 2.50. The first-order valence-electron chi connectivity index (χ1n) is 7.33. The van der Waals surface area contributed by atoms with Crippen LogP contribution in [0.2, 0.25) is 0 Å². The van der Waals surface area contributed by atoms with E-state index in [1.54, 1.807) is 23.4 Å². The monoisotopic (exact) mass is 375 g/mol. The highest BCUT2D eigenvalue weighted by Gasteiger charge is 2.33. The lowest BCUT2D eigenvalue weighted by molar-refractivity contribution is 0.246. The first-order chi connectivity index (χ1) is 9.91. The van der Waals surface area contributed by atoms with Gasteiger partial charge >= 0.3 is 0 Å². The highest BCUT2D eigenvalue weighted by molar-refractivity contribution is 9.10. The molecule has 0 spiro atoms. The number of nitrogens with zero attached hydrogens (tertiary/aromatic N) is 1. The number of benzene rings is 1. The zero-order chi connectivity index (χ0) is 15.6. The van der Waals surface area contributed by atoms with Gasteiger partial charge in [0.2, 0.25) is 10.0 Å². The maximum absolute atomic E-state index is 13.0. The molecule has 0 aliphatic carbocycles. The molecular weight excluding hydrogens is 354 g/mol. The van der Waals surface area contributed by atoms with E-state index < -0.39 is 10.0 Å². The number of aliphatic hydroxyl groups excluding tert-OH is 1. The third-order valence-electron chi connectivity index (χ3n) is 4.17. The Morgan fingerprint density at radius 3 is 2.71 bits per heavy atom. The lowest BCUT2D eigenvalue weighted by Crippen LogP contribution is -2.43. The van der Waals surface area contributed by atoms with Crippen molar-refractivity contribution >= 4 is 26.0 Å². The van der Waals surface area contributed by atoms with E-state index in [1.807, 2.05) is 6.92 Å². The molecule has 1 N–H and O–H groups in total. The average Bonchev–Trinajstić information content (AvgIpc) is 2.49. The van der Waals surface area contributed by atoms with E-state index in [4.69, 9.17) is 0 Å². The van der Waals surface area contributed by atoms with Crippen molar-refractivity contribution in [3.8, 4) is 0 Å². The fourth-order valence-corrected chi connectivity index (χ4v) is 5.60. The number of hydrogen-bond acceptors (Lipinski definition) is 3. The summed E-state index contributed by atoms with van der Waals surface area (Å²) < 4.78 is 28.4. The number of rotatable bonds is 4. The van der Waals surface area contributed by atoms with Gasteiger partial charge in [-0.1, -0.05) is 29.3 Å². The smallest absolute Gasteiger partial charge is 0.243 e. The molecule has 0 amide bonds. The van der Waals surface area contributed by atoms with E-state index in [0.717, 1.165) is 30.2 Å². The highest BCUT2D eigenvalue weighted by atomic mass is 79.9. The molecule has 1 aromatic carbocycles. The normalized spacial score (nSPS) is 20.7. The van der Waals surface area contributed by atoms with E-state index >= 15 is 0 Å². The number of aliphatic hydroxyl groups is 1. The van der Waals surface area contributed by atoms with E-state index in [-0.39, 0.29) is 12.6 Å². The quantitative estimate of drug-likeness (QED) is 0.878. The standard InChI is InChI=1S/C15H22BrNO3S/c1-3-13-6-4-5-7-17(13)21(19,20)15-9-12(10-18)8-14(16)11(15)2/h8-9,13,18H,3-7,10H2,1-2H3. The SMILES string of the molecule is CCC1CCCCN1S(=O)(=O)c1cc(CO)cc(Br)c1C. The molecule has 1 aliphatic rings. The Morgan fingerprint density at radius 1 is 1.38 bits per heavy atom. The Bertz CT molecular complexity index is 616. The largest absolute Gasteiger partial charge is 0.392 e. The second-order valence-corrected chi connectivity index (χ2v) is 8.25. The maximum atomic E-state index is 13.0. The van der Waals surface area contributed by atoms with Crippen LogP contribution in [0.4, 0.5) is 0 Å². The summed E-state index contributed by atoms with van der Waals surface area (Å²) in [5.74, 6) is 0. The van der Waals surface area contributed by atoms with Crippen LogP contribution >= 0.6 is 15.9 Å². The second kappa shape index (κ2) is 6.77. The van der Waals surface area contributed by atoms with Crippen LogP contribution in [0.1, 0.15) is 43.7 Å². The summed E-state index contributed by atoms with van der Waals surface area (Å²) in [6.45, 7) is 4.24. The van der Waals surface area contributed by atoms with Crippen molar-refractivity contribution in [2.75, 3.05) is 6.54 Å². The fourth-order valence-electron chi connectivity index (χ4n) is 2.89. The Hall–Kier alpha value is -0.430. The molecule has 0 saturated carbocycles. The van der Waals surface area contributed by atoms with Gasteiger partial charge in [0.05, 0.1) is 11.5 Å². The van der Waals surface area contributed by atoms with Gasteiger partial charge in [-0.05, 0) is 49.4 Å². The van der Waals surface area contributed by atoms with Gasteiger partial charge in [-0.15, -0.1) is 0 Å². The van der Waals surface area contributed by atoms with Gasteiger partial charge in [0, 0.05) is 17.1 Å². The third kappa shape index (κ3) is 3.33. The number of halogens is 1. The van der Waals surface area contributed by atoms with E-state index in [2.05, 4.69) is 15.9 Å². The van der Waals surface area contributed by atoms with Crippen LogP contribution in [0.3, 0.4) is 0 Å². The van der Waals surface area contributed by atoms with Crippen LogP contribution in [0.25, 0.3) is 0 Å². The Morgan fingerprint density at radius 2 is 2.10 bits per heavy atom. The first kappa shape index (κ1) is 16.9. The van der Waals surface area contributed by atoms with Crippen molar-refractivity contribution in [3.05, 3.63) is 27.7 Å². The van der Waals surface area contributed by atoms with E-state index in [1.165, 1.54) is 0 Å². The van der Waals surface area contributed by atoms with Crippen LogP contribution < -0.4 is 0 Å². The van der Waals surface area contributed by atoms with Crippen molar-refractivity contribution in [1.82, 2.24) is 4.31 Å². The predicted octanol–water partition coefficient (Wildman–Crippen LogP) is 3.20. The minimum atomic E-state index is -3.52. The summed E-state index contributed by atoms with van der Waals surface area (Å²) in [7, 11) is -3.52. The number of hydrogen-bond donors (Lipinski definition) is 1. The first-order valence-corrected chi connectivity index (χ1v) is 9.56. The molecule has 6 heteroatoms. The van der Waals surface area contributed by atoms with Crippen LogP contribution in [-0.2, 0) is 16.6 Å². The lowest BCUT2D eigenvalue weighted by atomic mass is 10.0. The van der Waals surface area contributed by atoms with Gasteiger partial charge < -0.3 is 5.11 Å². The molecule has 0 aromatic heterocycles. The molecule has 2 rings (SSSR count). The van der Waals surface area contributed by atoms with E-state index in [0.29, 0.717) is 22.6 Å². The molecule has 0 radical (unpaired) electrons. The molecule has 118 valence electrons. The van der Waals surface area contributed by atoms with E-state index in [9.17, 15) is 13.5 Å². The molecule has 21 heavy (non-hydrogen) atoms. The van der Waals surface area contributed by atoms with Gasteiger partial charge in [0.15, 0.2) is 0 Å². The van der Waals surface area contributed by atoms with Crippen molar-refractivity contribution < 1.29 is 13.5 Å². The number of piperidine rings is 1. The molecule has 1 unspecified atom stereocenters. The van der Waals surface area contributed by atoms with Gasteiger partial charge in [0.25, 0.3) is 0 Å². The zero-order valence-corrected chi connectivity index (χ0v) is 14.9. The molecular formula is C15H22BrNO3S. The van der Waals surface area contributed by atoms with Crippen LogP contribution in [0.15, 0.2) is 21.5 Å². The summed E-state index contributed by atoms with van der Waals surface area (Å²) in [6.07, 6.45) is 3.76. The molecule has 0 bridgehead atoms. The minimum Gasteiger partial charge on any atom is -0.392 e. The van der Waals surface area contributed by atoms with Crippen LogP contribution in [0, 0.1) is 6.92 Å². The van der Waals surface area contributed by atoms with Gasteiger partial charge in [-0.3, -0.25) is 0 Å². The van der Waals surface area contributed by atoms with Gasteiger partial charge in [-0.25, -0.2) is 8.42 Å². The number of sulfonamides is 1. The molecule has 1 aliphatic heterocycles. The van der Waals surface area contributed by atoms with Crippen LogP contribution in [-0.4, -0.2) is 30.4 Å². The lowest BCUT2D eigenvalue weighted by Gasteiger charge is -2.34. The van der Waals surface area contributed by atoms with Crippen molar-refractivity contribution in [2.24, 2.45) is 0 Å². The summed E-state index contributed by atoms with van der Waals surface area (Å²) in [5.41, 5.74) is 1.31. The summed E-state index contributed by atoms with van der Waals surface area (Å²) in [5, 5.41) is 9.32. The highest BCUT2D eigenvalue weighted by Crippen LogP contribution is 2.32. The average molecular weight is 376 g/mol. The molecule has 1 fully saturated rings. The van der Waals surface area contributed by atoms with Gasteiger partial charge in [0.1, 0.15) is 0 Å². The third-order valence-corrected chi connectivity index (χ3v) is 7.07. The Kier molecular flexibility index (Phi) is 5.46. The topological polar surface area (TPSA) is 57.6 Å². The fraction of sp³-hybridized carbons (Fsp3) is 0.600. The summed E-state index contributed by atoms with van der Waals surface area (Å²) in [6, 6.07) is 3.44. The van der Waals surface area contributed by atoms with Crippen LogP contribution in [0.5, 0.6) is 0 Å². The molecule has 1 heterocycles. The molecule has 1 saturated heterocycles. The Labute approximate surface area is 135 Å². The molecule has 1 aromatic rings. The summed E-state index contributed by atoms with van der Waals surface area (Å²) in [4.78, 5) is 0.307. The second-order valence-electron chi connectivity index (χ2n) is 5.53.